The van der Waals surface area contributed by atoms with E-state index < -0.39 is 0 Å². The number of carbonyl (C=O) groups is 1. The van der Waals surface area contributed by atoms with Crippen molar-refractivity contribution in [2.24, 2.45) is 0 Å². The van der Waals surface area contributed by atoms with E-state index in [1.165, 1.54) is 0 Å². The highest BCUT2D eigenvalue weighted by atomic mass is 16.5. The number of nitrogens with zero attached hydrogens (tertiary/aromatic N) is 3. The maximum atomic E-state index is 12.9. The molecule has 0 unspecified atom stereocenters. The predicted octanol–water partition coefficient (Wildman–Crippen LogP) is 3.70. The molecule has 5 nitrogen and oxygen atoms in total. The van der Waals surface area contributed by atoms with Gasteiger partial charge in [-0.15, -0.1) is 0 Å². The van der Waals surface area contributed by atoms with Crippen molar-refractivity contribution in [3.05, 3.63) is 89.5 Å². The van der Waals surface area contributed by atoms with Gasteiger partial charge in [-0.3, -0.25) is 14.8 Å². The van der Waals surface area contributed by atoms with Crippen LogP contribution in [0.5, 0.6) is 5.75 Å². The van der Waals surface area contributed by atoms with E-state index in [0.717, 1.165) is 28.0 Å². The van der Waals surface area contributed by atoms with Gasteiger partial charge in [-0.05, 0) is 60.4 Å². The fourth-order valence-corrected chi connectivity index (χ4v) is 2.75. The SMILES string of the molecule is Cc1ccc(C)c(OCC(=O)N(Cc2ccncc2)Cc2cccnc2)c1. The molecule has 0 fully saturated rings. The van der Waals surface area contributed by atoms with Crippen molar-refractivity contribution in [2.75, 3.05) is 6.61 Å². The summed E-state index contributed by atoms with van der Waals surface area (Å²) in [7, 11) is 0. The van der Waals surface area contributed by atoms with E-state index in [1.54, 1.807) is 29.7 Å². The van der Waals surface area contributed by atoms with Gasteiger partial charge in [0, 0.05) is 37.9 Å². The first-order chi connectivity index (χ1) is 13.1. The van der Waals surface area contributed by atoms with Crippen LogP contribution in [0.25, 0.3) is 0 Å². The van der Waals surface area contributed by atoms with E-state index >= 15 is 0 Å². The molecular formula is C22H23N3O2. The molecule has 138 valence electrons. The van der Waals surface area contributed by atoms with Crippen molar-refractivity contribution in [3.8, 4) is 5.75 Å². The average molecular weight is 361 g/mol. The van der Waals surface area contributed by atoms with Crippen LogP contribution in [-0.4, -0.2) is 27.4 Å². The van der Waals surface area contributed by atoms with Crippen LogP contribution in [0.1, 0.15) is 22.3 Å². The molecule has 2 aromatic heterocycles. The van der Waals surface area contributed by atoms with Gasteiger partial charge in [0.25, 0.3) is 5.91 Å². The minimum Gasteiger partial charge on any atom is -0.483 e. The number of hydrogen-bond donors (Lipinski definition) is 0. The van der Waals surface area contributed by atoms with Crippen molar-refractivity contribution in [1.29, 1.82) is 0 Å². The Kier molecular flexibility index (Phi) is 6.15. The summed E-state index contributed by atoms with van der Waals surface area (Å²) in [4.78, 5) is 22.8. The lowest BCUT2D eigenvalue weighted by atomic mass is 10.1. The number of aryl methyl sites for hydroxylation is 2. The Morgan fingerprint density at radius 1 is 0.963 bits per heavy atom. The molecular weight excluding hydrogens is 338 g/mol. The zero-order valence-electron chi connectivity index (χ0n) is 15.6. The first kappa shape index (κ1) is 18.6. The Morgan fingerprint density at radius 3 is 2.48 bits per heavy atom. The molecule has 0 aliphatic carbocycles. The molecule has 3 rings (SSSR count). The highest BCUT2D eigenvalue weighted by Crippen LogP contribution is 2.19. The normalized spacial score (nSPS) is 10.4. The van der Waals surface area contributed by atoms with E-state index in [2.05, 4.69) is 9.97 Å². The molecule has 0 saturated carbocycles. The molecule has 27 heavy (non-hydrogen) atoms. The number of pyridine rings is 2. The van der Waals surface area contributed by atoms with Crippen LogP contribution >= 0.6 is 0 Å². The Bertz CT molecular complexity index is 841. The lowest BCUT2D eigenvalue weighted by Crippen LogP contribution is -2.34. The third-order valence-corrected chi connectivity index (χ3v) is 4.27. The highest BCUT2D eigenvalue weighted by molar-refractivity contribution is 5.77. The molecule has 1 aromatic carbocycles. The van der Waals surface area contributed by atoms with Crippen molar-refractivity contribution in [1.82, 2.24) is 14.9 Å². The van der Waals surface area contributed by atoms with Crippen LogP contribution in [0, 0.1) is 13.8 Å². The second kappa shape index (κ2) is 8.94. The topological polar surface area (TPSA) is 55.3 Å². The van der Waals surface area contributed by atoms with Crippen molar-refractivity contribution < 1.29 is 9.53 Å². The molecule has 0 aliphatic rings. The van der Waals surface area contributed by atoms with Crippen molar-refractivity contribution in [3.63, 3.8) is 0 Å². The van der Waals surface area contributed by atoms with Gasteiger partial charge < -0.3 is 9.64 Å². The minimum atomic E-state index is -0.0726. The molecule has 0 saturated heterocycles. The fourth-order valence-electron chi connectivity index (χ4n) is 2.75. The Morgan fingerprint density at radius 2 is 1.74 bits per heavy atom. The number of aromatic nitrogens is 2. The lowest BCUT2D eigenvalue weighted by molar-refractivity contribution is -0.134. The quantitative estimate of drug-likeness (QED) is 0.644. The van der Waals surface area contributed by atoms with Crippen molar-refractivity contribution in [2.45, 2.75) is 26.9 Å². The van der Waals surface area contributed by atoms with Gasteiger partial charge in [-0.25, -0.2) is 0 Å². The summed E-state index contributed by atoms with van der Waals surface area (Å²) in [6.07, 6.45) is 6.96. The van der Waals surface area contributed by atoms with Gasteiger partial charge >= 0.3 is 0 Å². The average Bonchev–Trinajstić information content (AvgIpc) is 2.69. The third-order valence-electron chi connectivity index (χ3n) is 4.27. The molecule has 0 spiro atoms. The number of carbonyl (C=O) groups excluding carboxylic acids is 1. The van der Waals surface area contributed by atoms with Crippen LogP contribution in [0.3, 0.4) is 0 Å². The van der Waals surface area contributed by atoms with Crippen LogP contribution in [0.4, 0.5) is 0 Å². The number of benzene rings is 1. The van der Waals surface area contributed by atoms with E-state index in [9.17, 15) is 4.79 Å². The Balaban J connectivity index is 1.72. The molecule has 0 radical (unpaired) electrons. The number of rotatable bonds is 7. The maximum Gasteiger partial charge on any atom is 0.261 e. The Labute approximate surface area is 159 Å². The molecule has 1 amide bonds. The number of ether oxygens (including phenoxy) is 1. The summed E-state index contributed by atoms with van der Waals surface area (Å²) in [6.45, 7) is 4.95. The maximum absolute atomic E-state index is 12.9. The highest BCUT2D eigenvalue weighted by Gasteiger charge is 2.16. The van der Waals surface area contributed by atoms with Crippen molar-refractivity contribution >= 4 is 5.91 Å². The van der Waals surface area contributed by atoms with Crippen LogP contribution < -0.4 is 4.74 Å². The van der Waals surface area contributed by atoms with Crippen LogP contribution in [0.2, 0.25) is 0 Å². The first-order valence-corrected chi connectivity index (χ1v) is 8.87. The fraction of sp³-hybridized carbons (Fsp3) is 0.227. The number of hydrogen-bond acceptors (Lipinski definition) is 4. The second-order valence-electron chi connectivity index (χ2n) is 6.52. The summed E-state index contributed by atoms with van der Waals surface area (Å²) < 4.78 is 5.82. The summed E-state index contributed by atoms with van der Waals surface area (Å²) >= 11 is 0. The molecule has 2 heterocycles. The molecule has 0 aliphatic heterocycles. The number of amides is 1. The largest absolute Gasteiger partial charge is 0.483 e. The lowest BCUT2D eigenvalue weighted by Gasteiger charge is -2.23. The first-order valence-electron chi connectivity index (χ1n) is 8.87. The van der Waals surface area contributed by atoms with Gasteiger partial charge in [-0.1, -0.05) is 18.2 Å². The monoisotopic (exact) mass is 361 g/mol. The molecule has 0 N–H and O–H groups in total. The standard InChI is InChI=1S/C22H23N3O2/c1-17-5-6-18(2)21(12-17)27-16-22(26)25(14-19-7-10-23-11-8-19)15-20-4-3-9-24-13-20/h3-13H,14-16H2,1-2H3. The van der Waals surface area contributed by atoms with E-state index in [4.69, 9.17) is 4.74 Å². The molecule has 0 bridgehead atoms. The Hall–Kier alpha value is -3.21. The van der Waals surface area contributed by atoms with Gasteiger partial charge in [-0.2, -0.15) is 0 Å². The van der Waals surface area contributed by atoms with Gasteiger partial charge in [0.1, 0.15) is 5.75 Å². The smallest absolute Gasteiger partial charge is 0.261 e. The third kappa shape index (κ3) is 5.38. The second-order valence-corrected chi connectivity index (χ2v) is 6.52. The predicted molar refractivity (Wildman–Crippen MR) is 104 cm³/mol. The molecule has 3 aromatic rings. The van der Waals surface area contributed by atoms with Crippen LogP contribution in [0.15, 0.2) is 67.3 Å². The minimum absolute atomic E-state index is 0.00433. The van der Waals surface area contributed by atoms with E-state index in [1.807, 2.05) is 56.3 Å². The zero-order valence-corrected chi connectivity index (χ0v) is 15.6. The van der Waals surface area contributed by atoms with Crippen LogP contribution in [-0.2, 0) is 17.9 Å². The van der Waals surface area contributed by atoms with E-state index in [-0.39, 0.29) is 12.5 Å². The summed E-state index contributed by atoms with van der Waals surface area (Å²) in [5, 5.41) is 0. The van der Waals surface area contributed by atoms with Gasteiger partial charge in [0.05, 0.1) is 0 Å². The molecule has 5 heteroatoms. The van der Waals surface area contributed by atoms with Gasteiger partial charge in [0.15, 0.2) is 6.61 Å². The summed E-state index contributed by atoms with van der Waals surface area (Å²) in [5.74, 6) is 0.671. The zero-order chi connectivity index (χ0) is 19.1. The summed E-state index contributed by atoms with van der Waals surface area (Å²) in [6, 6.07) is 13.6. The summed E-state index contributed by atoms with van der Waals surface area (Å²) in [5.41, 5.74) is 4.12. The van der Waals surface area contributed by atoms with E-state index in [0.29, 0.717) is 13.1 Å². The molecule has 0 atom stereocenters. The van der Waals surface area contributed by atoms with Gasteiger partial charge in [0.2, 0.25) is 0 Å².